The Morgan fingerprint density at radius 2 is 2.36 bits per heavy atom. The molecule has 6 heteroatoms. The zero-order chi connectivity index (χ0) is 10.7. The second-order valence-electron chi connectivity index (χ2n) is 2.58. The zero-order valence-electron chi connectivity index (χ0n) is 7.04. The van der Waals surface area contributed by atoms with Gasteiger partial charge in [0.1, 0.15) is 12.2 Å². The fraction of sp³-hybridized carbons (Fsp3) is 0.250. The van der Waals surface area contributed by atoms with Crippen LogP contribution >= 0.6 is 23.2 Å². The topological polar surface area (TPSA) is 82.9 Å². The van der Waals surface area contributed by atoms with Crippen LogP contribution in [0.2, 0.25) is 5.15 Å². The molecule has 1 aromatic heterocycles. The number of nitrogens with zero attached hydrogens (tertiary/aromatic N) is 2. The van der Waals surface area contributed by atoms with Gasteiger partial charge in [-0.1, -0.05) is 11.6 Å². The fourth-order valence-electron chi connectivity index (χ4n) is 0.885. The summed E-state index contributed by atoms with van der Waals surface area (Å²) in [5.41, 5.74) is 6.01. The van der Waals surface area contributed by atoms with Crippen LogP contribution in [0.5, 0.6) is 0 Å². The fourth-order valence-corrected chi connectivity index (χ4v) is 1.24. The quantitative estimate of drug-likeness (QED) is 0.597. The van der Waals surface area contributed by atoms with Gasteiger partial charge in [-0.2, -0.15) is 5.26 Å². The predicted molar refractivity (Wildman–Crippen MR) is 54.1 cm³/mol. The van der Waals surface area contributed by atoms with E-state index >= 15 is 0 Å². The summed E-state index contributed by atoms with van der Waals surface area (Å²) in [5, 5.41) is 18.1. The first kappa shape index (κ1) is 11.1. The van der Waals surface area contributed by atoms with E-state index in [4.69, 9.17) is 34.2 Å². The number of nitriles is 1. The van der Waals surface area contributed by atoms with E-state index in [1.54, 1.807) is 0 Å². The molecule has 3 N–H and O–H groups in total. The average molecular weight is 232 g/mol. The van der Waals surface area contributed by atoms with Crippen molar-refractivity contribution in [3.63, 3.8) is 0 Å². The van der Waals surface area contributed by atoms with Crippen LogP contribution in [-0.2, 0) is 0 Å². The van der Waals surface area contributed by atoms with Gasteiger partial charge in [0.25, 0.3) is 0 Å². The molecule has 0 aromatic carbocycles. The number of pyridine rings is 1. The normalized spacial score (nSPS) is 12.1. The molecule has 0 saturated heterocycles. The minimum atomic E-state index is -0.943. The summed E-state index contributed by atoms with van der Waals surface area (Å²) in [6, 6.07) is 3.22. The number of halogens is 2. The molecule has 1 rings (SSSR count). The van der Waals surface area contributed by atoms with Crippen molar-refractivity contribution in [2.75, 3.05) is 11.6 Å². The summed E-state index contributed by atoms with van der Waals surface area (Å²) < 4.78 is 0. The van der Waals surface area contributed by atoms with E-state index in [2.05, 4.69) is 4.98 Å². The Balaban J connectivity index is 3.24. The molecule has 1 aromatic rings. The van der Waals surface area contributed by atoms with E-state index in [0.717, 1.165) is 0 Å². The predicted octanol–water partition coefficient (Wildman–Crippen LogP) is 1.46. The van der Waals surface area contributed by atoms with Gasteiger partial charge in [0, 0.05) is 0 Å². The SMILES string of the molecule is N#Cc1cc(C(O)CCl)nc(Cl)c1N. The highest BCUT2D eigenvalue weighted by atomic mass is 35.5. The van der Waals surface area contributed by atoms with Crippen molar-refractivity contribution in [1.82, 2.24) is 4.98 Å². The molecule has 0 aliphatic heterocycles. The molecule has 0 fully saturated rings. The van der Waals surface area contributed by atoms with E-state index in [0.29, 0.717) is 0 Å². The largest absolute Gasteiger partial charge is 0.395 e. The van der Waals surface area contributed by atoms with Crippen molar-refractivity contribution in [3.8, 4) is 6.07 Å². The molecular weight excluding hydrogens is 225 g/mol. The molecule has 0 saturated carbocycles. The third-order valence-electron chi connectivity index (χ3n) is 1.64. The molecule has 0 aliphatic rings. The maximum atomic E-state index is 9.36. The first-order valence-electron chi connectivity index (χ1n) is 3.70. The molecule has 14 heavy (non-hydrogen) atoms. The lowest BCUT2D eigenvalue weighted by molar-refractivity contribution is 0.198. The summed E-state index contributed by atoms with van der Waals surface area (Å²) >= 11 is 11.1. The van der Waals surface area contributed by atoms with Crippen LogP contribution in [0.15, 0.2) is 6.07 Å². The Bertz CT molecular complexity index is 389. The lowest BCUT2D eigenvalue weighted by atomic mass is 10.1. The lowest BCUT2D eigenvalue weighted by Crippen LogP contribution is -2.05. The summed E-state index contributed by atoms with van der Waals surface area (Å²) in [4.78, 5) is 3.81. The van der Waals surface area contributed by atoms with E-state index in [1.807, 2.05) is 6.07 Å². The van der Waals surface area contributed by atoms with Gasteiger partial charge in [0.05, 0.1) is 22.8 Å². The molecule has 4 nitrogen and oxygen atoms in total. The molecular formula is C8H7Cl2N3O. The van der Waals surface area contributed by atoms with Crippen molar-refractivity contribution >= 4 is 28.9 Å². The molecule has 0 spiro atoms. The maximum absolute atomic E-state index is 9.36. The number of hydrogen-bond donors (Lipinski definition) is 2. The van der Waals surface area contributed by atoms with Crippen LogP contribution < -0.4 is 5.73 Å². The monoisotopic (exact) mass is 231 g/mol. The summed E-state index contributed by atoms with van der Waals surface area (Å²) in [7, 11) is 0. The van der Waals surface area contributed by atoms with E-state index in [1.165, 1.54) is 6.07 Å². The number of rotatable bonds is 2. The number of aromatic nitrogens is 1. The van der Waals surface area contributed by atoms with Gasteiger partial charge in [-0.3, -0.25) is 0 Å². The van der Waals surface area contributed by atoms with Gasteiger partial charge < -0.3 is 10.8 Å². The van der Waals surface area contributed by atoms with Crippen LogP contribution in [0, 0.1) is 11.3 Å². The lowest BCUT2D eigenvalue weighted by Gasteiger charge is -2.08. The van der Waals surface area contributed by atoms with Gasteiger partial charge in [-0.25, -0.2) is 4.98 Å². The first-order chi connectivity index (χ1) is 6.60. The van der Waals surface area contributed by atoms with Gasteiger partial charge in [-0.15, -0.1) is 11.6 Å². The Hall–Kier alpha value is -1.02. The van der Waals surface area contributed by atoms with Crippen molar-refractivity contribution < 1.29 is 5.11 Å². The molecule has 0 aliphatic carbocycles. The van der Waals surface area contributed by atoms with E-state index in [-0.39, 0.29) is 28.0 Å². The molecule has 74 valence electrons. The van der Waals surface area contributed by atoms with Crippen LogP contribution in [0.4, 0.5) is 5.69 Å². The minimum Gasteiger partial charge on any atom is -0.395 e. The number of aliphatic hydroxyl groups is 1. The second-order valence-corrected chi connectivity index (χ2v) is 3.25. The first-order valence-corrected chi connectivity index (χ1v) is 4.61. The number of nitrogens with two attached hydrogens (primary N) is 1. The number of anilines is 1. The average Bonchev–Trinajstić information content (AvgIpc) is 2.20. The summed E-state index contributed by atoms with van der Waals surface area (Å²) in [6.07, 6.45) is -0.943. The van der Waals surface area contributed by atoms with E-state index in [9.17, 15) is 5.11 Å². The van der Waals surface area contributed by atoms with Crippen molar-refractivity contribution in [1.29, 1.82) is 5.26 Å². The number of hydrogen-bond acceptors (Lipinski definition) is 4. The summed E-state index contributed by atoms with van der Waals surface area (Å²) in [6.45, 7) is 0. The Morgan fingerprint density at radius 3 is 2.86 bits per heavy atom. The Kier molecular flexibility index (Phi) is 3.53. The number of nitrogen functional groups attached to an aromatic ring is 1. The third-order valence-corrected chi connectivity index (χ3v) is 2.22. The number of alkyl halides is 1. The van der Waals surface area contributed by atoms with Gasteiger partial charge in [0.15, 0.2) is 5.15 Å². The third kappa shape index (κ3) is 2.07. The van der Waals surface area contributed by atoms with Crippen molar-refractivity contribution in [2.45, 2.75) is 6.10 Å². The van der Waals surface area contributed by atoms with Crippen molar-refractivity contribution in [3.05, 3.63) is 22.5 Å². The number of aliphatic hydroxyl groups excluding tert-OH is 1. The Labute approximate surface area is 90.9 Å². The molecule has 0 radical (unpaired) electrons. The van der Waals surface area contributed by atoms with Crippen LogP contribution in [0.1, 0.15) is 17.4 Å². The second kappa shape index (κ2) is 4.47. The summed E-state index contributed by atoms with van der Waals surface area (Å²) in [5.74, 6) is -0.0158. The van der Waals surface area contributed by atoms with Crippen LogP contribution in [-0.4, -0.2) is 16.0 Å². The molecule has 1 atom stereocenters. The Morgan fingerprint density at radius 1 is 1.71 bits per heavy atom. The van der Waals surface area contributed by atoms with E-state index < -0.39 is 6.10 Å². The highest BCUT2D eigenvalue weighted by Gasteiger charge is 2.13. The zero-order valence-corrected chi connectivity index (χ0v) is 8.55. The van der Waals surface area contributed by atoms with Gasteiger partial charge in [0.2, 0.25) is 0 Å². The van der Waals surface area contributed by atoms with Crippen LogP contribution in [0.25, 0.3) is 0 Å². The molecule has 0 bridgehead atoms. The highest BCUT2D eigenvalue weighted by molar-refractivity contribution is 6.32. The smallest absolute Gasteiger partial charge is 0.153 e. The molecule has 0 amide bonds. The van der Waals surface area contributed by atoms with Gasteiger partial charge in [-0.05, 0) is 6.07 Å². The highest BCUT2D eigenvalue weighted by Crippen LogP contribution is 2.24. The molecule has 1 unspecified atom stereocenters. The van der Waals surface area contributed by atoms with Gasteiger partial charge >= 0.3 is 0 Å². The maximum Gasteiger partial charge on any atom is 0.153 e. The van der Waals surface area contributed by atoms with Crippen molar-refractivity contribution in [2.24, 2.45) is 0 Å². The minimum absolute atomic E-state index is 0.00298. The molecule has 1 heterocycles. The van der Waals surface area contributed by atoms with Crippen LogP contribution in [0.3, 0.4) is 0 Å². The standard InChI is InChI=1S/C8H7Cl2N3O/c9-2-6(14)5-1-4(3-11)7(12)8(10)13-5/h1,6,14H,2,12H2.